The number of piperazine rings is 2. The molecule has 0 saturated carbocycles. The van der Waals surface area contributed by atoms with Crippen LogP contribution in [0.2, 0.25) is 0 Å². The van der Waals surface area contributed by atoms with E-state index in [1.807, 2.05) is 38.2 Å². The van der Waals surface area contributed by atoms with Gasteiger partial charge in [-0.1, -0.05) is 29.8 Å². The molecule has 1 unspecified atom stereocenters. The molecule has 8 nitrogen and oxygen atoms in total. The Labute approximate surface area is 161 Å². The summed E-state index contributed by atoms with van der Waals surface area (Å²) in [5.41, 5.74) is 8.02. The highest BCUT2D eigenvalue weighted by Gasteiger charge is 2.35. The minimum atomic E-state index is -3.46. The number of aryl methyl sites for hydroxylation is 1. The Morgan fingerprint density at radius 2 is 1.41 bits per heavy atom. The second kappa shape index (κ2) is 8.24. The van der Waals surface area contributed by atoms with Gasteiger partial charge >= 0.3 is 0 Å². The molecule has 150 valence electrons. The van der Waals surface area contributed by atoms with Gasteiger partial charge in [0.25, 0.3) is 10.2 Å². The molecule has 2 fully saturated rings. The average Bonchev–Trinajstić information content (AvgIpc) is 2.68. The van der Waals surface area contributed by atoms with Crippen LogP contribution in [0, 0.1) is 6.92 Å². The molecule has 1 amide bonds. The summed E-state index contributed by atoms with van der Waals surface area (Å²) in [7, 11) is -1.47. The van der Waals surface area contributed by atoms with Crippen LogP contribution >= 0.6 is 0 Å². The molecular weight excluding hydrogens is 366 g/mol. The third-order valence-corrected chi connectivity index (χ3v) is 7.40. The minimum absolute atomic E-state index is 0.157. The van der Waals surface area contributed by atoms with E-state index in [0.717, 1.165) is 24.2 Å². The van der Waals surface area contributed by atoms with Crippen LogP contribution < -0.4 is 5.73 Å². The SMILES string of the molecule is Cc1ccc(C(N)C(=O)N2CCN(S(=O)(=O)N3CCN(C)CC3)CC2)cc1. The molecule has 0 radical (unpaired) electrons. The largest absolute Gasteiger partial charge is 0.338 e. The van der Waals surface area contributed by atoms with Crippen LogP contribution in [0.25, 0.3) is 0 Å². The van der Waals surface area contributed by atoms with Gasteiger partial charge in [-0.15, -0.1) is 0 Å². The molecular formula is C18H29N5O3S. The molecule has 1 aromatic carbocycles. The van der Waals surface area contributed by atoms with Crippen molar-refractivity contribution >= 4 is 16.1 Å². The van der Waals surface area contributed by atoms with E-state index in [2.05, 4.69) is 4.90 Å². The lowest BCUT2D eigenvalue weighted by molar-refractivity contribution is -0.134. The molecule has 9 heteroatoms. The number of nitrogens with zero attached hydrogens (tertiary/aromatic N) is 4. The number of likely N-dealkylation sites (N-methyl/N-ethyl adjacent to an activating group) is 1. The number of hydrogen-bond acceptors (Lipinski definition) is 5. The maximum atomic E-state index is 12.8. The lowest BCUT2D eigenvalue weighted by atomic mass is 10.0. The van der Waals surface area contributed by atoms with Gasteiger partial charge in [-0.3, -0.25) is 4.79 Å². The maximum absolute atomic E-state index is 12.8. The fourth-order valence-corrected chi connectivity index (χ4v) is 5.01. The Morgan fingerprint density at radius 1 is 0.926 bits per heavy atom. The Hall–Kier alpha value is -1.52. The molecule has 3 rings (SSSR count). The van der Waals surface area contributed by atoms with E-state index in [4.69, 9.17) is 5.73 Å². The minimum Gasteiger partial charge on any atom is -0.338 e. The van der Waals surface area contributed by atoms with E-state index in [9.17, 15) is 13.2 Å². The van der Waals surface area contributed by atoms with E-state index < -0.39 is 16.3 Å². The summed E-state index contributed by atoms with van der Waals surface area (Å²) in [5, 5.41) is 0. The van der Waals surface area contributed by atoms with Gasteiger partial charge in [0.1, 0.15) is 6.04 Å². The molecule has 0 spiro atoms. The molecule has 27 heavy (non-hydrogen) atoms. The summed E-state index contributed by atoms with van der Waals surface area (Å²) in [5.74, 6) is -0.157. The highest BCUT2D eigenvalue weighted by molar-refractivity contribution is 7.86. The molecule has 2 saturated heterocycles. The van der Waals surface area contributed by atoms with Crippen molar-refractivity contribution in [2.75, 3.05) is 59.4 Å². The van der Waals surface area contributed by atoms with E-state index in [1.54, 1.807) is 9.21 Å². The van der Waals surface area contributed by atoms with Crippen molar-refractivity contribution in [3.05, 3.63) is 35.4 Å². The normalized spacial score (nSPS) is 22.0. The zero-order valence-electron chi connectivity index (χ0n) is 16.0. The smallest absolute Gasteiger partial charge is 0.282 e. The first-order valence-electron chi connectivity index (χ1n) is 9.34. The molecule has 2 heterocycles. The summed E-state index contributed by atoms with van der Waals surface area (Å²) in [6, 6.07) is 6.88. The number of carbonyl (C=O) groups is 1. The van der Waals surface area contributed by atoms with Crippen LogP contribution in [-0.4, -0.2) is 92.1 Å². The molecule has 0 bridgehead atoms. The number of amides is 1. The zero-order chi connectivity index (χ0) is 19.6. The summed E-state index contributed by atoms with van der Waals surface area (Å²) in [4.78, 5) is 16.5. The zero-order valence-corrected chi connectivity index (χ0v) is 16.9. The van der Waals surface area contributed by atoms with E-state index >= 15 is 0 Å². The predicted octanol–water partition coefficient (Wildman–Crippen LogP) is -0.369. The van der Waals surface area contributed by atoms with Crippen LogP contribution in [0.5, 0.6) is 0 Å². The van der Waals surface area contributed by atoms with Gasteiger partial charge in [0.15, 0.2) is 0 Å². The molecule has 1 atom stereocenters. The lowest BCUT2D eigenvalue weighted by Gasteiger charge is -2.39. The van der Waals surface area contributed by atoms with Crippen LogP contribution in [0.15, 0.2) is 24.3 Å². The highest BCUT2D eigenvalue weighted by Crippen LogP contribution is 2.18. The van der Waals surface area contributed by atoms with Crippen molar-refractivity contribution in [1.29, 1.82) is 0 Å². The van der Waals surface area contributed by atoms with Crippen LogP contribution in [-0.2, 0) is 15.0 Å². The van der Waals surface area contributed by atoms with E-state index in [0.29, 0.717) is 39.3 Å². The standard InChI is InChI=1S/C18H29N5O3S/c1-15-3-5-16(6-4-15)17(19)18(24)21-9-13-23(14-10-21)27(25,26)22-11-7-20(2)8-12-22/h3-6,17H,7-14,19H2,1-2H3. The number of nitrogens with two attached hydrogens (primary N) is 1. The van der Waals surface area contributed by atoms with Crippen LogP contribution in [0.4, 0.5) is 0 Å². The third kappa shape index (κ3) is 4.49. The summed E-state index contributed by atoms with van der Waals surface area (Å²) < 4.78 is 28.7. The molecule has 2 N–H and O–H groups in total. The molecule has 0 aliphatic carbocycles. The monoisotopic (exact) mass is 395 g/mol. The third-order valence-electron chi connectivity index (χ3n) is 5.37. The number of hydrogen-bond donors (Lipinski definition) is 1. The Balaban J connectivity index is 1.58. The van der Waals surface area contributed by atoms with Gasteiger partial charge < -0.3 is 15.5 Å². The Bertz CT molecular complexity index is 752. The summed E-state index contributed by atoms with van der Waals surface area (Å²) in [6.07, 6.45) is 0. The van der Waals surface area contributed by atoms with Crippen molar-refractivity contribution in [1.82, 2.24) is 18.4 Å². The second-order valence-corrected chi connectivity index (χ2v) is 9.25. The topological polar surface area (TPSA) is 90.2 Å². The van der Waals surface area contributed by atoms with Gasteiger partial charge in [0.2, 0.25) is 5.91 Å². The average molecular weight is 396 g/mol. The maximum Gasteiger partial charge on any atom is 0.282 e. The molecule has 0 aromatic heterocycles. The van der Waals surface area contributed by atoms with Gasteiger partial charge in [0, 0.05) is 52.4 Å². The van der Waals surface area contributed by atoms with Crippen LogP contribution in [0.3, 0.4) is 0 Å². The number of rotatable bonds is 4. The van der Waals surface area contributed by atoms with E-state index in [1.165, 1.54) is 4.31 Å². The van der Waals surface area contributed by atoms with Gasteiger partial charge in [-0.25, -0.2) is 0 Å². The Kier molecular flexibility index (Phi) is 6.17. The van der Waals surface area contributed by atoms with Gasteiger partial charge in [-0.2, -0.15) is 17.0 Å². The predicted molar refractivity (Wildman–Crippen MR) is 104 cm³/mol. The summed E-state index contributed by atoms with van der Waals surface area (Å²) in [6.45, 7) is 5.83. The van der Waals surface area contributed by atoms with Crippen molar-refractivity contribution in [3.63, 3.8) is 0 Å². The second-order valence-electron chi connectivity index (χ2n) is 7.32. The number of benzene rings is 1. The quantitative estimate of drug-likeness (QED) is 0.751. The van der Waals surface area contributed by atoms with Crippen molar-refractivity contribution in [2.24, 2.45) is 5.73 Å². The fourth-order valence-electron chi connectivity index (χ4n) is 3.43. The fraction of sp³-hybridized carbons (Fsp3) is 0.611. The first-order valence-corrected chi connectivity index (χ1v) is 10.7. The lowest BCUT2D eigenvalue weighted by Crippen LogP contribution is -2.57. The van der Waals surface area contributed by atoms with Crippen molar-refractivity contribution < 1.29 is 13.2 Å². The number of carbonyl (C=O) groups excluding carboxylic acids is 1. The van der Waals surface area contributed by atoms with Gasteiger partial charge in [0.05, 0.1) is 0 Å². The molecule has 2 aliphatic rings. The van der Waals surface area contributed by atoms with E-state index in [-0.39, 0.29) is 5.91 Å². The first kappa shape index (κ1) is 20.2. The first-order chi connectivity index (χ1) is 12.8. The molecule has 1 aromatic rings. The molecule has 2 aliphatic heterocycles. The van der Waals surface area contributed by atoms with Crippen LogP contribution in [0.1, 0.15) is 17.2 Å². The van der Waals surface area contributed by atoms with Crippen molar-refractivity contribution in [3.8, 4) is 0 Å². The highest BCUT2D eigenvalue weighted by atomic mass is 32.2. The Morgan fingerprint density at radius 3 is 1.93 bits per heavy atom. The van der Waals surface area contributed by atoms with Crippen molar-refractivity contribution in [2.45, 2.75) is 13.0 Å². The summed E-state index contributed by atoms with van der Waals surface area (Å²) >= 11 is 0. The van der Waals surface area contributed by atoms with Gasteiger partial charge in [-0.05, 0) is 19.5 Å².